The monoisotopic (exact) mass is 670 g/mol. The lowest BCUT2D eigenvalue weighted by Crippen LogP contribution is -2.61. The maximum atomic E-state index is 13.3. The Kier molecular flexibility index (Phi) is 10.5. The zero-order valence-corrected chi connectivity index (χ0v) is 25.2. The number of aliphatic hydroxyl groups excluding tert-OH is 4. The second kappa shape index (κ2) is 13.6. The van der Waals surface area contributed by atoms with E-state index < -0.39 is 71.3 Å². The van der Waals surface area contributed by atoms with Gasteiger partial charge in [0.25, 0.3) is 0 Å². The van der Waals surface area contributed by atoms with Crippen molar-refractivity contribution in [1.29, 1.82) is 0 Å². The van der Waals surface area contributed by atoms with E-state index in [0.29, 0.717) is 34.0 Å². The van der Waals surface area contributed by atoms with E-state index in [0.717, 1.165) is 0 Å². The number of phosphoric ester groups is 2. The third-order valence-corrected chi connectivity index (χ3v) is 10.3. The molecule has 0 bridgehead atoms. The predicted octanol–water partition coefficient (Wildman–Crippen LogP) is 4.07. The lowest BCUT2D eigenvalue weighted by atomic mass is 9.96. The molecule has 10 atom stereocenters. The molecule has 0 amide bonds. The molecule has 3 aliphatic heterocycles. The highest BCUT2D eigenvalue weighted by atomic mass is 35.5. The summed E-state index contributed by atoms with van der Waals surface area (Å²) in [7, 11) is -8.55. The molecule has 3 heterocycles. The Labute approximate surface area is 251 Å². The van der Waals surface area contributed by atoms with Crippen molar-refractivity contribution in [2.45, 2.75) is 61.9 Å². The van der Waals surface area contributed by atoms with Gasteiger partial charge in [0, 0.05) is 22.9 Å². The lowest BCUT2D eigenvalue weighted by Gasteiger charge is -2.43. The first-order valence-electron chi connectivity index (χ1n) is 13.0. The lowest BCUT2D eigenvalue weighted by molar-refractivity contribution is -0.294. The van der Waals surface area contributed by atoms with Crippen LogP contribution in [0.4, 0.5) is 0 Å². The Morgan fingerprint density at radius 1 is 0.833 bits per heavy atom. The average molecular weight is 671 g/mol. The quantitative estimate of drug-likeness (QED) is 0.296. The van der Waals surface area contributed by atoms with Crippen LogP contribution in [0.1, 0.15) is 36.2 Å². The van der Waals surface area contributed by atoms with Crippen LogP contribution >= 0.6 is 38.8 Å². The molecule has 17 heteroatoms. The Hall–Kier alpha value is -0.960. The minimum Gasteiger partial charge on any atom is -0.388 e. The molecule has 5 rings (SSSR count). The van der Waals surface area contributed by atoms with Crippen LogP contribution in [0.5, 0.6) is 0 Å². The molecule has 0 spiro atoms. The van der Waals surface area contributed by atoms with Gasteiger partial charge in [0.1, 0.15) is 30.5 Å². The van der Waals surface area contributed by atoms with Gasteiger partial charge in [-0.2, -0.15) is 0 Å². The second-order valence-corrected chi connectivity index (χ2v) is 13.9. The number of hydrogen-bond acceptors (Lipinski definition) is 13. The topological polar surface area (TPSA) is 180 Å². The molecule has 13 nitrogen and oxygen atoms in total. The van der Waals surface area contributed by atoms with Crippen LogP contribution in [0, 0.1) is 0 Å². The van der Waals surface area contributed by atoms with Crippen LogP contribution in [0.3, 0.4) is 0 Å². The molecule has 2 aromatic carbocycles. The van der Waals surface area contributed by atoms with Gasteiger partial charge in [-0.3, -0.25) is 27.1 Å². The van der Waals surface area contributed by atoms with Crippen molar-refractivity contribution in [3.8, 4) is 0 Å². The van der Waals surface area contributed by atoms with Gasteiger partial charge in [-0.1, -0.05) is 47.5 Å². The summed E-state index contributed by atoms with van der Waals surface area (Å²) in [6.45, 7) is -0.745. The molecule has 3 fully saturated rings. The van der Waals surface area contributed by atoms with Gasteiger partial charge >= 0.3 is 15.6 Å². The minimum absolute atomic E-state index is 0.0272. The largest absolute Gasteiger partial charge is 0.477 e. The van der Waals surface area contributed by atoms with Crippen molar-refractivity contribution < 1.29 is 61.4 Å². The van der Waals surface area contributed by atoms with Gasteiger partial charge < -0.3 is 25.2 Å². The van der Waals surface area contributed by atoms with Crippen LogP contribution in [0.25, 0.3) is 0 Å². The van der Waals surface area contributed by atoms with Crippen molar-refractivity contribution >= 4 is 38.8 Å². The van der Waals surface area contributed by atoms with E-state index in [1.165, 1.54) is 0 Å². The maximum Gasteiger partial charge on any atom is 0.477 e. The minimum atomic E-state index is -4.37. The first-order chi connectivity index (χ1) is 20.0. The van der Waals surface area contributed by atoms with Gasteiger partial charge in [-0.05, 0) is 35.4 Å². The van der Waals surface area contributed by atoms with E-state index >= 15 is 0 Å². The summed E-state index contributed by atoms with van der Waals surface area (Å²) in [5.74, 6) is 0. The number of halogens is 2. The Morgan fingerprint density at radius 2 is 1.38 bits per heavy atom. The molecule has 3 saturated heterocycles. The Morgan fingerprint density at radius 3 is 1.95 bits per heavy atom. The molecule has 1 unspecified atom stereocenters. The van der Waals surface area contributed by atoms with Crippen LogP contribution in [-0.4, -0.2) is 77.1 Å². The van der Waals surface area contributed by atoms with Crippen molar-refractivity contribution in [2.24, 2.45) is 0 Å². The average Bonchev–Trinajstić information content (AvgIpc) is 2.96. The van der Waals surface area contributed by atoms with Gasteiger partial charge in [-0.15, -0.1) is 0 Å². The van der Waals surface area contributed by atoms with Gasteiger partial charge in [0.15, 0.2) is 6.29 Å². The zero-order valence-electron chi connectivity index (χ0n) is 21.9. The first-order valence-corrected chi connectivity index (χ1v) is 16.7. The van der Waals surface area contributed by atoms with Crippen molar-refractivity contribution in [1.82, 2.24) is 0 Å². The summed E-state index contributed by atoms with van der Waals surface area (Å²) in [6.07, 6.45) is -11.6. The molecular weight excluding hydrogens is 641 g/mol. The molecule has 232 valence electrons. The Balaban J connectivity index is 1.22. The molecule has 3 aliphatic rings. The summed E-state index contributed by atoms with van der Waals surface area (Å²) in [6, 6.07) is 13.5. The van der Waals surface area contributed by atoms with Crippen molar-refractivity contribution in [2.75, 3.05) is 19.8 Å². The molecule has 0 radical (unpaired) electrons. The molecule has 0 aliphatic carbocycles. The smallest absolute Gasteiger partial charge is 0.388 e. The Bertz CT molecular complexity index is 1330. The number of benzene rings is 2. The highest BCUT2D eigenvalue weighted by Crippen LogP contribution is 2.59. The molecule has 42 heavy (non-hydrogen) atoms. The van der Waals surface area contributed by atoms with Gasteiger partial charge in [0.05, 0.1) is 32.0 Å². The summed E-state index contributed by atoms with van der Waals surface area (Å²) in [4.78, 5) is 0. The maximum absolute atomic E-state index is 13.3. The highest BCUT2D eigenvalue weighted by molar-refractivity contribution is 7.48. The van der Waals surface area contributed by atoms with Crippen molar-refractivity contribution in [3.05, 3.63) is 69.7 Å². The summed E-state index contributed by atoms with van der Waals surface area (Å²) in [5.41, 5.74) is 1.26. The van der Waals surface area contributed by atoms with Crippen LogP contribution in [0.15, 0.2) is 48.5 Å². The van der Waals surface area contributed by atoms with Gasteiger partial charge in [0.2, 0.25) is 0 Å². The highest BCUT2D eigenvalue weighted by Gasteiger charge is 2.51. The second-order valence-electron chi connectivity index (χ2n) is 9.85. The third kappa shape index (κ3) is 7.63. The van der Waals surface area contributed by atoms with Crippen molar-refractivity contribution in [3.63, 3.8) is 0 Å². The van der Waals surface area contributed by atoms with E-state index in [2.05, 4.69) is 0 Å². The SMILES string of the molecule is O=[P@]1(OCC(O)[C@H]2O[C@@H](O[P@]3(=O)OCC[C@H](c4cccc(Cl)c4)O3)[C@@H](O)[C@@H](O)[C@@H]2O)OCC[C@@H](c2cccc(Cl)c2)O1. The molecule has 0 aromatic heterocycles. The summed E-state index contributed by atoms with van der Waals surface area (Å²) >= 11 is 12.1. The molecular formula is C25H30Cl2O13P2. The predicted molar refractivity (Wildman–Crippen MR) is 147 cm³/mol. The number of rotatable bonds is 8. The summed E-state index contributed by atoms with van der Waals surface area (Å²) < 4.78 is 64.2. The first kappa shape index (κ1) is 32.4. The van der Waals surface area contributed by atoms with Crippen LogP contribution < -0.4 is 0 Å². The van der Waals surface area contributed by atoms with E-state index in [1.807, 2.05) is 0 Å². The molecule has 0 saturated carbocycles. The van der Waals surface area contributed by atoms with E-state index in [9.17, 15) is 29.6 Å². The number of aliphatic hydroxyl groups is 4. The molecule has 4 N–H and O–H groups in total. The fourth-order valence-corrected chi connectivity index (χ4v) is 7.95. The number of hydrogen-bond donors (Lipinski definition) is 4. The van der Waals surface area contributed by atoms with Crippen LogP contribution in [-0.2, 0) is 41.0 Å². The third-order valence-electron chi connectivity index (χ3n) is 6.83. The normalized spacial score (nSPS) is 38.2. The number of phosphoric acid groups is 2. The zero-order chi connectivity index (χ0) is 30.1. The molecule has 2 aromatic rings. The standard InChI is InChI=1S/C25H30Cl2O13P2/c26-16-5-1-3-14(11-16)19-7-9-34-41(32,38-19)36-13-18(28)24-22(30)21(29)23(31)25(37-24)40-42(33)35-10-8-20(39-42)15-4-2-6-17(27)12-15/h1-6,11-12,18-25,28-31H,7-10,13H2/t18?,19-,20+,21-,22-,23-,24+,25-,41+,42+/m0/s1. The van der Waals surface area contributed by atoms with Gasteiger partial charge in [-0.25, -0.2) is 9.13 Å². The van der Waals surface area contributed by atoms with E-state index in [1.54, 1.807) is 48.5 Å². The summed E-state index contributed by atoms with van der Waals surface area (Å²) in [5, 5.41) is 43.1. The van der Waals surface area contributed by atoms with E-state index in [4.69, 9.17) is 55.1 Å². The fourth-order valence-electron chi connectivity index (χ4n) is 4.68. The van der Waals surface area contributed by atoms with Crippen LogP contribution in [0.2, 0.25) is 10.0 Å². The fraction of sp³-hybridized carbons (Fsp3) is 0.520. The van der Waals surface area contributed by atoms with E-state index in [-0.39, 0.29) is 13.2 Å². The number of ether oxygens (including phenoxy) is 1.